The largest absolute Gasteiger partial charge is 0.478 e. The van der Waals surface area contributed by atoms with Gasteiger partial charge in [-0.3, -0.25) is 0 Å². The van der Waals surface area contributed by atoms with Crippen LogP contribution in [0.25, 0.3) is 20.7 Å². The zero-order valence-electron chi connectivity index (χ0n) is 19.3. The molecule has 3 heterocycles. The van der Waals surface area contributed by atoms with Crippen molar-refractivity contribution in [3.8, 4) is 22.1 Å². The fourth-order valence-corrected chi connectivity index (χ4v) is 6.05. The Morgan fingerprint density at radius 3 is 2.81 bits per heavy atom. The molecule has 0 aliphatic carbocycles. The summed E-state index contributed by atoms with van der Waals surface area (Å²) in [6.07, 6.45) is 2.27. The van der Waals surface area contributed by atoms with E-state index in [1.165, 1.54) is 18.5 Å². The lowest BCUT2D eigenvalue weighted by Gasteiger charge is -2.25. The summed E-state index contributed by atoms with van der Waals surface area (Å²) in [6.45, 7) is 0.619. The summed E-state index contributed by atoms with van der Waals surface area (Å²) in [6, 6.07) is 11.0. The normalized spacial score (nSPS) is 16.5. The highest BCUT2D eigenvalue weighted by Gasteiger charge is 2.27. The van der Waals surface area contributed by atoms with E-state index >= 15 is 0 Å². The number of nitrogens with zero attached hydrogens (tertiary/aromatic N) is 2. The average Bonchev–Trinajstić information content (AvgIpc) is 3.24. The summed E-state index contributed by atoms with van der Waals surface area (Å²) in [7, 11) is 0. The molecule has 0 saturated carbocycles. The van der Waals surface area contributed by atoms with Crippen molar-refractivity contribution in [2.24, 2.45) is 0 Å². The molecule has 1 fully saturated rings. The van der Waals surface area contributed by atoms with Crippen LogP contribution in [0.3, 0.4) is 0 Å². The molecule has 1 N–H and O–H groups in total. The van der Waals surface area contributed by atoms with E-state index in [0.29, 0.717) is 37.5 Å². The van der Waals surface area contributed by atoms with Gasteiger partial charge in [-0.25, -0.2) is 23.5 Å². The van der Waals surface area contributed by atoms with Crippen molar-refractivity contribution in [3.63, 3.8) is 0 Å². The first-order valence-corrected chi connectivity index (χ1v) is 13.2. The zero-order chi connectivity index (χ0) is 25.9. The third kappa shape index (κ3) is 5.43. The van der Waals surface area contributed by atoms with E-state index in [2.05, 4.69) is 25.9 Å². The van der Waals surface area contributed by atoms with Crippen molar-refractivity contribution in [3.05, 3.63) is 70.5 Å². The fraction of sp³-hybridized carbons (Fsp3) is 0.269. The molecule has 5 rings (SSSR count). The molecule has 1 unspecified atom stereocenters. The second-order valence-corrected chi connectivity index (χ2v) is 10.2. The fourth-order valence-electron chi connectivity index (χ4n) is 4.06. The molecule has 37 heavy (non-hydrogen) atoms. The number of fused-ring (bicyclic) bond motifs is 1. The average molecular weight is 591 g/mol. The van der Waals surface area contributed by atoms with Gasteiger partial charge in [-0.15, -0.1) is 11.3 Å². The van der Waals surface area contributed by atoms with Crippen molar-refractivity contribution in [2.45, 2.75) is 38.1 Å². The van der Waals surface area contributed by atoms with E-state index in [1.807, 2.05) is 6.07 Å². The first kappa shape index (κ1) is 25.5. The van der Waals surface area contributed by atoms with Gasteiger partial charge in [0.05, 0.1) is 21.3 Å². The zero-order valence-corrected chi connectivity index (χ0v) is 21.7. The predicted octanol–water partition coefficient (Wildman–Crippen LogP) is 6.38. The van der Waals surface area contributed by atoms with Crippen LogP contribution in [0.1, 0.15) is 24.8 Å². The van der Waals surface area contributed by atoms with Crippen LogP contribution in [0, 0.1) is 11.6 Å². The minimum Gasteiger partial charge on any atom is -0.478 e. The van der Waals surface area contributed by atoms with Gasteiger partial charge in [-0.2, -0.15) is 0 Å². The van der Waals surface area contributed by atoms with Crippen molar-refractivity contribution in [2.75, 3.05) is 6.61 Å². The molecule has 2 aromatic heterocycles. The van der Waals surface area contributed by atoms with Crippen LogP contribution in [-0.4, -0.2) is 40.0 Å². The van der Waals surface area contributed by atoms with Gasteiger partial charge < -0.3 is 19.3 Å². The van der Waals surface area contributed by atoms with Crippen molar-refractivity contribution >= 4 is 43.5 Å². The second kappa shape index (κ2) is 11.1. The number of benzene rings is 2. The highest BCUT2D eigenvalue weighted by Crippen LogP contribution is 2.45. The molecule has 192 valence electrons. The molecule has 0 bridgehead atoms. The molecule has 4 aromatic rings. The van der Waals surface area contributed by atoms with Gasteiger partial charge in [-0.1, -0.05) is 30.3 Å². The molecule has 2 atom stereocenters. The maximum Gasteiger partial charge on any atom is 0.345 e. The number of aliphatic carboxylic acids is 1. The third-order valence-electron chi connectivity index (χ3n) is 5.90. The number of para-hydroxylation sites is 1. The molecule has 1 aliphatic rings. The lowest BCUT2D eigenvalue weighted by atomic mass is 10.1. The van der Waals surface area contributed by atoms with Gasteiger partial charge >= 0.3 is 5.97 Å². The van der Waals surface area contributed by atoms with Gasteiger partial charge in [0.1, 0.15) is 16.9 Å². The molecule has 1 saturated heterocycles. The lowest BCUT2D eigenvalue weighted by Crippen LogP contribution is -2.30. The van der Waals surface area contributed by atoms with E-state index in [0.717, 1.165) is 36.7 Å². The van der Waals surface area contributed by atoms with Crippen LogP contribution in [0.4, 0.5) is 8.78 Å². The molecule has 2 aromatic carbocycles. The number of ether oxygens (including phenoxy) is 3. The van der Waals surface area contributed by atoms with Gasteiger partial charge in [-0.05, 0) is 46.5 Å². The summed E-state index contributed by atoms with van der Waals surface area (Å²) < 4.78 is 46.3. The maximum absolute atomic E-state index is 14.5. The minimum atomic E-state index is -1.31. The molecule has 11 heteroatoms. The Hall–Kier alpha value is -3.15. The molecule has 0 spiro atoms. The van der Waals surface area contributed by atoms with Gasteiger partial charge in [0.15, 0.2) is 17.9 Å². The van der Waals surface area contributed by atoms with Crippen molar-refractivity contribution < 1.29 is 32.9 Å². The Kier molecular flexibility index (Phi) is 7.63. The number of hydrogen-bond donors (Lipinski definition) is 1. The Labute approximate surface area is 223 Å². The van der Waals surface area contributed by atoms with Crippen molar-refractivity contribution in [1.82, 2.24) is 9.97 Å². The Bertz CT molecular complexity index is 1440. The topological polar surface area (TPSA) is 90.8 Å². The number of halogens is 3. The number of carboxylic acid groups (broad SMARTS) is 1. The SMILES string of the molecule is O=C(O)[C@@H](Cc1ccccc1OC1CCCCO1)Oc1ncnc2sc(-c3cccc(F)c3F)c(Br)c12. The number of hydrogen-bond acceptors (Lipinski definition) is 7. The highest BCUT2D eigenvalue weighted by molar-refractivity contribution is 9.10. The van der Waals surface area contributed by atoms with E-state index in [-0.39, 0.29) is 24.2 Å². The molecule has 1 aliphatic heterocycles. The van der Waals surface area contributed by atoms with Crippen LogP contribution in [-0.2, 0) is 16.0 Å². The quantitative estimate of drug-likeness (QED) is 0.254. The van der Waals surface area contributed by atoms with Gasteiger partial charge in [0, 0.05) is 18.4 Å². The van der Waals surface area contributed by atoms with Gasteiger partial charge in [0.2, 0.25) is 12.0 Å². The highest BCUT2D eigenvalue weighted by atomic mass is 79.9. The molecule has 0 amide bonds. The summed E-state index contributed by atoms with van der Waals surface area (Å²) in [5, 5.41) is 10.3. The van der Waals surface area contributed by atoms with Crippen LogP contribution >= 0.6 is 27.3 Å². The van der Waals surface area contributed by atoms with E-state index in [9.17, 15) is 18.7 Å². The summed E-state index contributed by atoms with van der Waals surface area (Å²) in [4.78, 5) is 21.4. The van der Waals surface area contributed by atoms with E-state index < -0.39 is 23.7 Å². The molecular weight excluding hydrogens is 570 g/mol. The number of carboxylic acids is 1. The summed E-state index contributed by atoms with van der Waals surface area (Å²) >= 11 is 4.55. The Morgan fingerprint density at radius 2 is 2.03 bits per heavy atom. The maximum atomic E-state index is 14.5. The first-order valence-electron chi connectivity index (χ1n) is 11.6. The van der Waals surface area contributed by atoms with Crippen LogP contribution < -0.4 is 9.47 Å². The predicted molar refractivity (Wildman–Crippen MR) is 137 cm³/mol. The molecular formula is C26H21BrF2N2O5S. The van der Waals surface area contributed by atoms with Crippen LogP contribution in [0.2, 0.25) is 0 Å². The second-order valence-electron chi connectivity index (χ2n) is 8.38. The summed E-state index contributed by atoms with van der Waals surface area (Å²) in [5.41, 5.74) is 0.688. The molecule has 7 nitrogen and oxygen atoms in total. The molecule has 0 radical (unpaired) electrons. The van der Waals surface area contributed by atoms with Crippen LogP contribution in [0.15, 0.2) is 53.3 Å². The standard InChI is InChI=1S/C26H21BrF2N2O5S/c27-21-20-24(30-13-31-25(20)37-23(21)15-7-5-8-16(28)22(15)29)36-18(26(32)33)12-14-6-1-2-9-17(14)35-19-10-3-4-11-34-19/h1-2,5-9,13,18-19H,3-4,10-12H2,(H,32,33)/t18-,19?/m1/s1. The van der Waals surface area contributed by atoms with E-state index in [1.54, 1.807) is 18.2 Å². The monoisotopic (exact) mass is 590 g/mol. The van der Waals surface area contributed by atoms with Gasteiger partial charge in [0.25, 0.3) is 0 Å². The Balaban J connectivity index is 1.45. The number of rotatable bonds is 8. The summed E-state index contributed by atoms with van der Waals surface area (Å²) in [5.74, 6) is -2.63. The smallest absolute Gasteiger partial charge is 0.345 e. The third-order valence-corrected chi connectivity index (χ3v) is 8.08. The minimum absolute atomic E-state index is 0.00311. The Morgan fingerprint density at radius 1 is 1.19 bits per heavy atom. The number of aromatic nitrogens is 2. The first-order chi connectivity index (χ1) is 17.9. The van der Waals surface area contributed by atoms with Crippen LogP contribution in [0.5, 0.6) is 11.6 Å². The number of carbonyl (C=O) groups is 1. The van der Waals surface area contributed by atoms with E-state index in [4.69, 9.17) is 14.2 Å². The number of thiophene rings is 1. The lowest BCUT2D eigenvalue weighted by molar-refractivity contribution is -0.145. The van der Waals surface area contributed by atoms with Crippen molar-refractivity contribution in [1.29, 1.82) is 0 Å².